The molecular weight excluding hydrogens is 452 g/mol. The van der Waals surface area contributed by atoms with Gasteiger partial charge >= 0.3 is 0 Å². The highest BCUT2D eigenvalue weighted by Crippen LogP contribution is 2.26. The van der Waals surface area contributed by atoms with E-state index < -0.39 is 10.0 Å². The van der Waals surface area contributed by atoms with E-state index in [1.54, 1.807) is 17.0 Å². The highest BCUT2D eigenvalue weighted by molar-refractivity contribution is 7.89. The summed E-state index contributed by atoms with van der Waals surface area (Å²) in [7, 11) is -3.61. The summed E-state index contributed by atoms with van der Waals surface area (Å²) in [5, 5.41) is 4.27. The number of rotatable bonds is 5. The predicted molar refractivity (Wildman–Crippen MR) is 127 cm³/mol. The molecule has 0 bridgehead atoms. The van der Waals surface area contributed by atoms with Gasteiger partial charge in [0.1, 0.15) is 5.69 Å². The number of benzene rings is 2. The van der Waals surface area contributed by atoms with Crippen LogP contribution in [-0.4, -0.2) is 59.5 Å². The van der Waals surface area contributed by atoms with Crippen molar-refractivity contribution in [3.05, 3.63) is 93.4 Å². The molecule has 1 amide bonds. The topological polar surface area (TPSA) is 92.6 Å². The Morgan fingerprint density at radius 2 is 1.62 bits per heavy atom. The summed E-state index contributed by atoms with van der Waals surface area (Å²) >= 11 is 0. The van der Waals surface area contributed by atoms with Crippen LogP contribution in [0.5, 0.6) is 0 Å². The molecule has 1 fully saturated rings. The van der Waals surface area contributed by atoms with E-state index in [-0.39, 0.29) is 49.9 Å². The van der Waals surface area contributed by atoms with Crippen molar-refractivity contribution in [2.24, 2.45) is 0 Å². The maximum atomic E-state index is 13.2. The van der Waals surface area contributed by atoms with E-state index in [0.29, 0.717) is 4.90 Å². The molecule has 2 aromatic carbocycles. The summed E-state index contributed by atoms with van der Waals surface area (Å²) < 4.78 is 29.0. The quantitative estimate of drug-likeness (QED) is 0.559. The van der Waals surface area contributed by atoms with E-state index in [1.807, 2.05) is 36.4 Å². The van der Waals surface area contributed by atoms with E-state index in [0.717, 1.165) is 30.4 Å². The molecule has 0 radical (unpaired) electrons. The Hall–Kier alpha value is -3.30. The largest absolute Gasteiger partial charge is 0.335 e. The molecule has 1 aliphatic heterocycles. The van der Waals surface area contributed by atoms with Crippen LogP contribution in [0.1, 0.15) is 33.6 Å². The fraction of sp³-hybridized carbons (Fsp3) is 0.320. The van der Waals surface area contributed by atoms with Crippen molar-refractivity contribution < 1.29 is 13.2 Å². The van der Waals surface area contributed by atoms with E-state index >= 15 is 0 Å². The molecule has 2 aliphatic rings. The number of fused-ring (bicyclic) bond motifs is 1. The Labute approximate surface area is 198 Å². The van der Waals surface area contributed by atoms with Gasteiger partial charge < -0.3 is 4.90 Å². The molecule has 176 valence electrons. The standard InChI is InChI=1S/C25H26N4O4S/c30-24-12-11-23(26-29(24)18-19-5-2-1-3-6-19)25(31)27-13-15-28(16-14-27)34(32,33)22-10-9-20-7-4-8-21(20)17-22/h1-3,5-6,9-12,17H,4,7-8,13-16,18H2. The fourth-order valence-corrected chi connectivity index (χ4v) is 6.06. The van der Waals surface area contributed by atoms with Gasteiger partial charge in [-0.3, -0.25) is 9.59 Å². The first kappa shape index (κ1) is 22.5. The van der Waals surface area contributed by atoms with Crippen molar-refractivity contribution in [1.82, 2.24) is 19.0 Å². The summed E-state index contributed by atoms with van der Waals surface area (Å²) in [6, 6.07) is 17.6. The van der Waals surface area contributed by atoms with E-state index in [9.17, 15) is 18.0 Å². The molecule has 1 aliphatic carbocycles. The maximum absolute atomic E-state index is 13.2. The van der Waals surface area contributed by atoms with Gasteiger partial charge in [0.15, 0.2) is 0 Å². The Bertz CT molecular complexity index is 1380. The van der Waals surface area contributed by atoms with E-state index in [4.69, 9.17) is 0 Å². The second-order valence-corrected chi connectivity index (χ2v) is 10.6. The molecule has 0 N–H and O–H groups in total. The normalized spacial score (nSPS) is 16.4. The zero-order valence-corrected chi connectivity index (χ0v) is 19.6. The molecule has 34 heavy (non-hydrogen) atoms. The molecule has 8 nitrogen and oxygen atoms in total. The summed E-state index contributed by atoms with van der Waals surface area (Å²) in [4.78, 5) is 27.2. The zero-order chi connectivity index (χ0) is 23.7. The van der Waals surface area contributed by atoms with Gasteiger partial charge in [-0.05, 0) is 54.2 Å². The number of hydrogen-bond donors (Lipinski definition) is 0. The first-order valence-electron chi connectivity index (χ1n) is 11.5. The number of aryl methyl sites for hydroxylation is 2. The van der Waals surface area contributed by atoms with Crippen molar-refractivity contribution in [1.29, 1.82) is 0 Å². The highest BCUT2D eigenvalue weighted by Gasteiger charge is 2.31. The Kier molecular flexibility index (Phi) is 6.05. The van der Waals surface area contributed by atoms with Crippen LogP contribution in [0.4, 0.5) is 0 Å². The number of sulfonamides is 1. The van der Waals surface area contributed by atoms with Crippen LogP contribution in [0.25, 0.3) is 0 Å². The Morgan fingerprint density at radius 3 is 2.38 bits per heavy atom. The molecule has 2 heterocycles. The third-order valence-electron chi connectivity index (χ3n) is 6.49. The number of aromatic nitrogens is 2. The van der Waals surface area contributed by atoms with Crippen molar-refractivity contribution in [2.75, 3.05) is 26.2 Å². The van der Waals surface area contributed by atoms with Gasteiger partial charge in [0.05, 0.1) is 11.4 Å². The zero-order valence-electron chi connectivity index (χ0n) is 18.8. The van der Waals surface area contributed by atoms with Gasteiger partial charge in [-0.2, -0.15) is 9.40 Å². The van der Waals surface area contributed by atoms with Crippen molar-refractivity contribution >= 4 is 15.9 Å². The lowest BCUT2D eigenvalue weighted by atomic mass is 10.1. The van der Waals surface area contributed by atoms with Gasteiger partial charge in [0.2, 0.25) is 10.0 Å². The highest BCUT2D eigenvalue weighted by atomic mass is 32.2. The maximum Gasteiger partial charge on any atom is 0.274 e. The second-order valence-electron chi connectivity index (χ2n) is 8.68. The molecule has 5 rings (SSSR count). The van der Waals surface area contributed by atoms with Gasteiger partial charge in [-0.25, -0.2) is 13.1 Å². The Balaban J connectivity index is 1.27. The van der Waals surface area contributed by atoms with E-state index in [1.165, 1.54) is 26.7 Å². The lowest BCUT2D eigenvalue weighted by Crippen LogP contribution is -2.50. The van der Waals surface area contributed by atoms with Crippen molar-refractivity contribution in [3.63, 3.8) is 0 Å². The van der Waals surface area contributed by atoms with Crippen molar-refractivity contribution in [3.8, 4) is 0 Å². The molecule has 9 heteroatoms. The van der Waals surface area contributed by atoms with Gasteiger partial charge in [-0.15, -0.1) is 0 Å². The van der Waals surface area contributed by atoms with Crippen LogP contribution < -0.4 is 5.56 Å². The second kappa shape index (κ2) is 9.15. The molecule has 0 saturated carbocycles. The lowest BCUT2D eigenvalue weighted by Gasteiger charge is -2.33. The van der Waals surface area contributed by atoms with Crippen LogP contribution in [0.15, 0.2) is 70.4 Å². The fourth-order valence-electron chi connectivity index (χ4n) is 4.58. The molecule has 1 aromatic heterocycles. The number of hydrogen-bond acceptors (Lipinski definition) is 5. The summed E-state index contributed by atoms with van der Waals surface area (Å²) in [6.07, 6.45) is 2.98. The van der Waals surface area contributed by atoms with E-state index in [2.05, 4.69) is 5.10 Å². The average Bonchev–Trinajstić information content (AvgIpc) is 3.34. The van der Waals surface area contributed by atoms with Gasteiger partial charge in [0.25, 0.3) is 11.5 Å². The minimum Gasteiger partial charge on any atom is -0.335 e. The number of nitrogens with zero attached hydrogens (tertiary/aromatic N) is 4. The molecule has 3 aromatic rings. The smallest absolute Gasteiger partial charge is 0.274 e. The summed E-state index contributed by atoms with van der Waals surface area (Å²) in [5.41, 5.74) is 3.14. The molecule has 0 spiro atoms. The third-order valence-corrected chi connectivity index (χ3v) is 8.39. The minimum atomic E-state index is -3.61. The predicted octanol–water partition coefficient (Wildman–Crippen LogP) is 1.93. The molecular formula is C25H26N4O4S. The molecule has 0 unspecified atom stereocenters. The molecule has 1 saturated heterocycles. The summed E-state index contributed by atoms with van der Waals surface area (Å²) in [6.45, 7) is 1.24. The van der Waals surface area contributed by atoms with Gasteiger partial charge in [0, 0.05) is 32.2 Å². The van der Waals surface area contributed by atoms with Crippen LogP contribution in [0.3, 0.4) is 0 Å². The Morgan fingerprint density at radius 1 is 0.882 bits per heavy atom. The average molecular weight is 479 g/mol. The van der Waals surface area contributed by atoms with Crippen LogP contribution in [-0.2, 0) is 29.4 Å². The monoisotopic (exact) mass is 478 g/mol. The number of amides is 1. The van der Waals surface area contributed by atoms with Crippen LogP contribution in [0.2, 0.25) is 0 Å². The number of carbonyl (C=O) groups excluding carboxylic acids is 1. The lowest BCUT2D eigenvalue weighted by molar-refractivity contribution is 0.0689. The number of piperazine rings is 1. The first-order valence-corrected chi connectivity index (χ1v) is 12.9. The van der Waals surface area contributed by atoms with Crippen LogP contribution >= 0.6 is 0 Å². The molecule has 0 atom stereocenters. The summed E-state index contributed by atoms with van der Waals surface area (Å²) in [5.74, 6) is -0.309. The number of carbonyl (C=O) groups is 1. The van der Waals surface area contributed by atoms with Crippen LogP contribution in [0, 0.1) is 0 Å². The minimum absolute atomic E-state index is 0.172. The third kappa shape index (κ3) is 4.41. The first-order chi connectivity index (χ1) is 16.4. The van der Waals surface area contributed by atoms with Gasteiger partial charge in [-0.1, -0.05) is 36.4 Å². The SMILES string of the molecule is O=C(c1ccc(=O)n(Cc2ccccc2)n1)N1CCN(S(=O)(=O)c2ccc3c(c2)CCC3)CC1. The van der Waals surface area contributed by atoms with Crippen molar-refractivity contribution in [2.45, 2.75) is 30.7 Å².